The zero-order chi connectivity index (χ0) is 16.3. The van der Waals surface area contributed by atoms with Crippen LogP contribution in [0.3, 0.4) is 0 Å². The Morgan fingerprint density at radius 1 is 0.947 bits per heavy atom. The maximum atomic E-state index is 8.74. The van der Waals surface area contributed by atoms with Gasteiger partial charge in [0.1, 0.15) is 6.16 Å². The molecule has 0 aromatic rings. The predicted molar refractivity (Wildman–Crippen MR) is 65.0 cm³/mol. The highest BCUT2D eigenvalue weighted by molar-refractivity contribution is 7.80. The third-order valence-corrected chi connectivity index (χ3v) is 3.67. The van der Waals surface area contributed by atoms with Crippen LogP contribution in [0.2, 0.25) is 0 Å². The van der Waals surface area contributed by atoms with Gasteiger partial charge >= 0.3 is 18.3 Å². The van der Waals surface area contributed by atoms with Crippen molar-refractivity contribution in [1.82, 2.24) is 0 Å². The Kier molecular flexibility index (Phi) is 13.7. The molecule has 0 saturated heterocycles. The fourth-order valence-electron chi connectivity index (χ4n) is 0.611. The standard InChI is InChI=1S/C5H14O3P.2H2O4S/c1-5-9(6-2,7-3)8-4;2*1-5(2,3)4/h5H2,1-4H3;2*(H2,1,2,3,4)/q+1;;/p-1. The van der Waals surface area contributed by atoms with Gasteiger partial charge in [-0.25, -0.2) is 8.42 Å². The highest BCUT2D eigenvalue weighted by atomic mass is 32.3. The molecular formula is C5H17O11PS2. The van der Waals surface area contributed by atoms with Gasteiger partial charge in [0, 0.05) is 0 Å². The lowest BCUT2D eigenvalue weighted by Crippen LogP contribution is -2.02. The molecule has 0 saturated carbocycles. The van der Waals surface area contributed by atoms with E-state index in [0.29, 0.717) is 0 Å². The Labute approximate surface area is 112 Å². The first-order valence-electron chi connectivity index (χ1n) is 4.18. The van der Waals surface area contributed by atoms with E-state index in [1.807, 2.05) is 6.92 Å². The lowest BCUT2D eigenvalue weighted by atomic mass is 11.0. The Hall–Kier alpha value is 0.0500. The molecule has 0 heterocycles. The average molecular weight is 348 g/mol. The zero-order valence-electron chi connectivity index (χ0n) is 10.6. The van der Waals surface area contributed by atoms with Crippen molar-refractivity contribution in [2.24, 2.45) is 0 Å². The largest absolute Gasteiger partial charge is 0.726 e. The van der Waals surface area contributed by atoms with Crippen molar-refractivity contribution >= 4 is 28.7 Å². The van der Waals surface area contributed by atoms with Gasteiger partial charge in [-0.05, 0) is 6.92 Å². The molecule has 0 aliphatic carbocycles. The van der Waals surface area contributed by atoms with E-state index in [2.05, 4.69) is 0 Å². The van der Waals surface area contributed by atoms with Crippen LogP contribution in [0.4, 0.5) is 0 Å². The Morgan fingerprint density at radius 3 is 1.11 bits per heavy atom. The SMILES string of the molecule is CC[P+](OC)(OC)OC.O=S(=O)(O)O.O=S(=O)([O-])O. The monoisotopic (exact) mass is 348 g/mol. The number of rotatable bonds is 4. The van der Waals surface area contributed by atoms with Gasteiger partial charge in [-0.3, -0.25) is 13.7 Å². The molecule has 0 aromatic heterocycles. The van der Waals surface area contributed by atoms with Crippen molar-refractivity contribution in [1.29, 1.82) is 0 Å². The van der Waals surface area contributed by atoms with Gasteiger partial charge in [0.2, 0.25) is 10.4 Å². The lowest BCUT2D eigenvalue weighted by molar-refractivity contribution is 0.212. The maximum absolute atomic E-state index is 8.74. The van der Waals surface area contributed by atoms with Crippen LogP contribution >= 0.6 is 7.94 Å². The van der Waals surface area contributed by atoms with Gasteiger partial charge < -0.3 is 4.55 Å². The number of hydrogen-bond acceptors (Lipinski definition) is 8. The molecule has 0 aromatic carbocycles. The second kappa shape index (κ2) is 10.8. The predicted octanol–water partition coefficient (Wildman–Crippen LogP) is 0.0599. The molecule has 0 atom stereocenters. The van der Waals surface area contributed by atoms with Gasteiger partial charge in [-0.2, -0.15) is 22.0 Å². The lowest BCUT2D eigenvalue weighted by Gasteiger charge is -2.14. The van der Waals surface area contributed by atoms with E-state index in [1.165, 1.54) is 0 Å². The van der Waals surface area contributed by atoms with Gasteiger partial charge in [-0.1, -0.05) is 0 Å². The summed E-state index contributed by atoms with van der Waals surface area (Å²) in [5.74, 6) is 0. The molecule has 0 fully saturated rings. The molecule has 0 spiro atoms. The summed E-state index contributed by atoms with van der Waals surface area (Å²) in [6.07, 6.45) is 0.788. The summed E-state index contributed by atoms with van der Waals surface area (Å²) in [7, 11) is -6.70. The molecule has 0 aliphatic heterocycles. The van der Waals surface area contributed by atoms with E-state index in [9.17, 15) is 0 Å². The van der Waals surface area contributed by atoms with E-state index in [0.717, 1.165) is 6.16 Å². The van der Waals surface area contributed by atoms with Crippen molar-refractivity contribution in [2.45, 2.75) is 6.92 Å². The molecule has 0 rings (SSSR count). The molecule has 14 heteroatoms. The van der Waals surface area contributed by atoms with Crippen LogP contribution in [-0.4, -0.2) is 62.5 Å². The minimum atomic E-state index is -4.92. The van der Waals surface area contributed by atoms with E-state index >= 15 is 0 Å². The van der Waals surface area contributed by atoms with Crippen LogP contribution in [-0.2, 0) is 34.4 Å². The Morgan fingerprint density at radius 2 is 1.11 bits per heavy atom. The second-order valence-corrected chi connectivity index (χ2v) is 7.05. The van der Waals surface area contributed by atoms with Gasteiger partial charge in [0.15, 0.2) is 0 Å². The molecular weight excluding hydrogens is 331 g/mol. The van der Waals surface area contributed by atoms with E-state index in [1.54, 1.807) is 21.3 Å². The van der Waals surface area contributed by atoms with Crippen molar-refractivity contribution < 1.29 is 48.6 Å². The molecule has 0 radical (unpaired) electrons. The summed E-state index contributed by atoms with van der Waals surface area (Å²) in [6, 6.07) is 0. The Balaban J connectivity index is -0.000000219. The van der Waals surface area contributed by atoms with Crippen molar-refractivity contribution in [3.8, 4) is 0 Å². The number of hydrogen-bond donors (Lipinski definition) is 3. The normalized spacial score (nSPS) is 11.8. The zero-order valence-corrected chi connectivity index (χ0v) is 13.1. The third-order valence-electron chi connectivity index (χ3n) is 1.22. The van der Waals surface area contributed by atoms with Crippen molar-refractivity contribution in [3.05, 3.63) is 0 Å². The first-order valence-corrected chi connectivity index (χ1v) is 8.67. The van der Waals surface area contributed by atoms with E-state index < -0.39 is 28.7 Å². The molecule has 0 bridgehead atoms. The smallest absolute Gasteiger partial charge is 0.410 e. The van der Waals surface area contributed by atoms with Crippen LogP contribution in [0.1, 0.15) is 6.92 Å². The molecule has 120 valence electrons. The molecule has 0 aliphatic rings. The molecule has 0 amide bonds. The van der Waals surface area contributed by atoms with E-state index in [4.69, 9.17) is 48.6 Å². The summed E-state index contributed by atoms with van der Waals surface area (Å²) in [4.78, 5) is 0. The molecule has 11 nitrogen and oxygen atoms in total. The second-order valence-electron chi connectivity index (χ2n) is 2.35. The summed E-state index contributed by atoms with van der Waals surface area (Å²) in [5.41, 5.74) is 0. The Bertz CT molecular complexity index is 333. The highest BCUT2D eigenvalue weighted by Gasteiger charge is 2.38. The van der Waals surface area contributed by atoms with Crippen LogP contribution in [0.25, 0.3) is 0 Å². The topological polar surface area (TPSA) is 180 Å². The highest BCUT2D eigenvalue weighted by Crippen LogP contribution is 2.59. The molecule has 19 heavy (non-hydrogen) atoms. The fourth-order valence-corrected chi connectivity index (χ4v) is 1.83. The van der Waals surface area contributed by atoms with Crippen LogP contribution in [0.5, 0.6) is 0 Å². The minimum Gasteiger partial charge on any atom is -0.726 e. The van der Waals surface area contributed by atoms with Crippen molar-refractivity contribution in [3.63, 3.8) is 0 Å². The van der Waals surface area contributed by atoms with E-state index in [-0.39, 0.29) is 0 Å². The first kappa shape index (κ1) is 24.1. The quantitative estimate of drug-likeness (QED) is 0.355. The fraction of sp³-hybridized carbons (Fsp3) is 1.00. The maximum Gasteiger partial charge on any atom is 0.410 e. The van der Waals surface area contributed by atoms with Gasteiger partial charge in [0.25, 0.3) is 0 Å². The van der Waals surface area contributed by atoms with Gasteiger partial charge in [0.05, 0.1) is 21.3 Å². The van der Waals surface area contributed by atoms with Crippen molar-refractivity contribution in [2.75, 3.05) is 27.5 Å². The molecule has 0 unspecified atom stereocenters. The minimum absolute atomic E-state index is 0.788. The summed E-state index contributed by atoms with van der Waals surface area (Å²) in [5, 5.41) is 0. The third kappa shape index (κ3) is 32.0. The first-order chi connectivity index (χ1) is 8.24. The van der Waals surface area contributed by atoms with Crippen LogP contribution in [0, 0.1) is 0 Å². The average Bonchev–Trinajstić information content (AvgIpc) is 2.17. The summed E-state index contributed by atoms with van der Waals surface area (Å²) in [6.45, 7) is 1.98. The summed E-state index contributed by atoms with van der Waals surface area (Å²) < 4.78 is 79.6. The van der Waals surface area contributed by atoms with Crippen LogP contribution < -0.4 is 0 Å². The molecule has 3 N–H and O–H groups in total. The summed E-state index contributed by atoms with van der Waals surface area (Å²) >= 11 is 0. The van der Waals surface area contributed by atoms with Gasteiger partial charge in [-0.15, -0.1) is 0 Å². The van der Waals surface area contributed by atoms with Crippen LogP contribution in [0.15, 0.2) is 0 Å².